The Bertz CT molecular complexity index is 1020. The zero-order valence-electron chi connectivity index (χ0n) is 15.0. The zero-order valence-corrected chi connectivity index (χ0v) is 16.6. The molecule has 2 aromatic carbocycles. The van der Waals surface area contributed by atoms with E-state index in [1.54, 1.807) is 18.2 Å². The zero-order chi connectivity index (χ0) is 20.8. The number of para-hydroxylation sites is 1. The second kappa shape index (κ2) is 9.42. The van der Waals surface area contributed by atoms with Gasteiger partial charge in [-0.15, -0.1) is 0 Å². The molecule has 0 aliphatic carbocycles. The number of nitrogens with zero attached hydrogens (tertiary/aromatic N) is 1. The molecule has 1 aromatic heterocycles. The summed E-state index contributed by atoms with van der Waals surface area (Å²) in [6, 6.07) is 10.6. The van der Waals surface area contributed by atoms with Crippen LogP contribution in [0, 0.1) is 11.6 Å². The highest BCUT2D eigenvalue weighted by atomic mass is 79.9. The summed E-state index contributed by atoms with van der Waals surface area (Å²) in [6.45, 7) is -0.197. The van der Waals surface area contributed by atoms with Crippen LogP contribution in [-0.2, 0) is 16.0 Å². The van der Waals surface area contributed by atoms with Gasteiger partial charge in [0.15, 0.2) is 11.7 Å². The quantitative estimate of drug-likeness (QED) is 0.552. The van der Waals surface area contributed by atoms with Crippen LogP contribution in [0.15, 0.2) is 57.6 Å². The molecule has 3 rings (SSSR count). The van der Waals surface area contributed by atoms with E-state index < -0.39 is 11.6 Å². The van der Waals surface area contributed by atoms with Crippen LogP contribution in [0.3, 0.4) is 0 Å². The number of halogens is 3. The summed E-state index contributed by atoms with van der Waals surface area (Å²) in [5.74, 6) is -2.18. The van der Waals surface area contributed by atoms with Crippen molar-refractivity contribution in [2.24, 2.45) is 0 Å². The molecule has 1 heterocycles. The van der Waals surface area contributed by atoms with Gasteiger partial charge in [0.2, 0.25) is 11.8 Å². The van der Waals surface area contributed by atoms with E-state index in [1.165, 1.54) is 12.3 Å². The summed E-state index contributed by atoms with van der Waals surface area (Å²) < 4.78 is 33.6. The monoisotopic (exact) mass is 463 g/mol. The Kier molecular flexibility index (Phi) is 6.71. The lowest BCUT2D eigenvalue weighted by atomic mass is 10.1. The van der Waals surface area contributed by atoms with Crippen molar-refractivity contribution in [3.8, 4) is 11.3 Å². The average Bonchev–Trinajstić information content (AvgIpc) is 3.15. The third kappa shape index (κ3) is 5.47. The number of aryl methyl sites for hydroxylation is 1. The van der Waals surface area contributed by atoms with E-state index in [0.717, 1.165) is 16.6 Å². The first-order chi connectivity index (χ1) is 13.9. The van der Waals surface area contributed by atoms with Crippen LogP contribution in [0.25, 0.3) is 11.3 Å². The third-order valence-corrected chi connectivity index (χ3v) is 4.61. The van der Waals surface area contributed by atoms with E-state index in [9.17, 15) is 18.4 Å². The standard InChI is InChI=1S/C20H16BrF2N3O3/c21-12-4-1-2-7-15(12)26-18(28)11-24-17(27)8-9-19-25-10-16(29-19)20-13(22)5-3-6-14(20)23/h1-7,10H,8-9,11H2,(H,24,27)(H,26,28). The lowest BCUT2D eigenvalue weighted by molar-refractivity contribution is -0.124. The van der Waals surface area contributed by atoms with Gasteiger partial charge in [-0.2, -0.15) is 0 Å². The number of carbonyl (C=O) groups excluding carboxylic acids is 2. The summed E-state index contributed by atoms with van der Waals surface area (Å²) in [7, 11) is 0. The Morgan fingerprint density at radius 3 is 2.48 bits per heavy atom. The number of hydrogen-bond acceptors (Lipinski definition) is 4. The summed E-state index contributed by atoms with van der Waals surface area (Å²) in [5, 5.41) is 5.16. The Morgan fingerprint density at radius 1 is 1.03 bits per heavy atom. The van der Waals surface area contributed by atoms with Crippen LogP contribution in [0.2, 0.25) is 0 Å². The Balaban J connectivity index is 1.48. The van der Waals surface area contributed by atoms with Gasteiger partial charge >= 0.3 is 0 Å². The second-order valence-electron chi connectivity index (χ2n) is 6.02. The number of benzene rings is 2. The van der Waals surface area contributed by atoms with Crippen molar-refractivity contribution in [3.63, 3.8) is 0 Å². The first-order valence-corrected chi connectivity index (χ1v) is 9.43. The van der Waals surface area contributed by atoms with Crippen LogP contribution < -0.4 is 10.6 Å². The van der Waals surface area contributed by atoms with E-state index in [4.69, 9.17) is 4.42 Å². The predicted octanol–water partition coefficient (Wildman–Crippen LogP) is 4.07. The maximum atomic E-state index is 13.8. The first-order valence-electron chi connectivity index (χ1n) is 8.64. The normalized spacial score (nSPS) is 10.6. The number of carbonyl (C=O) groups is 2. The second-order valence-corrected chi connectivity index (χ2v) is 6.87. The van der Waals surface area contributed by atoms with Crippen molar-refractivity contribution in [1.29, 1.82) is 0 Å². The minimum atomic E-state index is -0.762. The lowest BCUT2D eigenvalue weighted by Gasteiger charge is -2.08. The van der Waals surface area contributed by atoms with E-state index in [2.05, 4.69) is 31.5 Å². The molecule has 150 valence electrons. The number of rotatable bonds is 7. The van der Waals surface area contributed by atoms with Gasteiger partial charge in [0, 0.05) is 17.3 Å². The summed E-state index contributed by atoms with van der Waals surface area (Å²) >= 11 is 3.32. The van der Waals surface area contributed by atoms with E-state index >= 15 is 0 Å². The van der Waals surface area contributed by atoms with Gasteiger partial charge in [0.25, 0.3) is 0 Å². The molecule has 0 radical (unpaired) electrons. The molecule has 2 amide bonds. The molecule has 9 heteroatoms. The highest BCUT2D eigenvalue weighted by Gasteiger charge is 2.16. The fourth-order valence-electron chi connectivity index (χ4n) is 2.52. The molecule has 0 atom stereocenters. The Labute approximate surface area is 173 Å². The molecule has 0 spiro atoms. The van der Waals surface area contributed by atoms with Crippen molar-refractivity contribution in [3.05, 3.63) is 70.7 Å². The molecule has 0 unspecified atom stereocenters. The summed E-state index contributed by atoms with van der Waals surface area (Å²) in [4.78, 5) is 27.8. The van der Waals surface area contributed by atoms with Crippen LogP contribution >= 0.6 is 15.9 Å². The number of nitrogens with one attached hydrogen (secondary N) is 2. The van der Waals surface area contributed by atoms with Gasteiger partial charge in [0.1, 0.15) is 11.6 Å². The van der Waals surface area contributed by atoms with Crippen LogP contribution in [0.1, 0.15) is 12.3 Å². The maximum absolute atomic E-state index is 13.8. The van der Waals surface area contributed by atoms with Crippen LogP contribution in [-0.4, -0.2) is 23.3 Å². The fourth-order valence-corrected chi connectivity index (χ4v) is 2.90. The SMILES string of the molecule is O=C(CCc1ncc(-c2c(F)cccc2F)o1)NCC(=O)Nc1ccccc1Br. The van der Waals surface area contributed by atoms with Crippen molar-refractivity contribution in [1.82, 2.24) is 10.3 Å². The highest BCUT2D eigenvalue weighted by molar-refractivity contribution is 9.10. The molecular formula is C20H16BrF2N3O3. The largest absolute Gasteiger partial charge is 0.441 e. The Morgan fingerprint density at radius 2 is 1.76 bits per heavy atom. The van der Waals surface area contributed by atoms with Gasteiger partial charge in [-0.25, -0.2) is 13.8 Å². The molecule has 0 aliphatic heterocycles. The maximum Gasteiger partial charge on any atom is 0.243 e. The molecular weight excluding hydrogens is 448 g/mol. The molecule has 0 bridgehead atoms. The van der Waals surface area contributed by atoms with Gasteiger partial charge in [-0.1, -0.05) is 18.2 Å². The number of aromatic nitrogens is 1. The lowest BCUT2D eigenvalue weighted by Crippen LogP contribution is -2.33. The highest BCUT2D eigenvalue weighted by Crippen LogP contribution is 2.26. The van der Waals surface area contributed by atoms with Crippen molar-refractivity contribution >= 4 is 33.4 Å². The van der Waals surface area contributed by atoms with Gasteiger partial charge < -0.3 is 15.1 Å². The number of anilines is 1. The third-order valence-electron chi connectivity index (χ3n) is 3.92. The molecule has 3 aromatic rings. The molecule has 29 heavy (non-hydrogen) atoms. The number of oxazole rings is 1. The van der Waals surface area contributed by atoms with Crippen LogP contribution in [0.4, 0.5) is 14.5 Å². The van der Waals surface area contributed by atoms with E-state index in [-0.39, 0.29) is 48.4 Å². The van der Waals surface area contributed by atoms with Gasteiger partial charge in [0.05, 0.1) is 24.0 Å². The topological polar surface area (TPSA) is 84.2 Å². The van der Waals surface area contributed by atoms with E-state index in [1.807, 2.05) is 6.07 Å². The molecule has 0 saturated carbocycles. The number of amides is 2. The first kappa shape index (κ1) is 20.7. The fraction of sp³-hybridized carbons (Fsp3) is 0.150. The van der Waals surface area contributed by atoms with Crippen LogP contribution in [0.5, 0.6) is 0 Å². The minimum Gasteiger partial charge on any atom is -0.441 e. The summed E-state index contributed by atoms with van der Waals surface area (Å²) in [6.07, 6.45) is 1.33. The van der Waals surface area contributed by atoms with Gasteiger partial charge in [-0.05, 0) is 40.2 Å². The summed E-state index contributed by atoms with van der Waals surface area (Å²) in [5.41, 5.74) is 0.291. The number of hydrogen-bond donors (Lipinski definition) is 2. The van der Waals surface area contributed by atoms with E-state index in [0.29, 0.717) is 5.69 Å². The van der Waals surface area contributed by atoms with Crippen molar-refractivity contribution in [2.75, 3.05) is 11.9 Å². The smallest absolute Gasteiger partial charge is 0.243 e. The molecule has 0 fully saturated rings. The predicted molar refractivity (Wildman–Crippen MR) is 106 cm³/mol. The molecule has 2 N–H and O–H groups in total. The van der Waals surface area contributed by atoms with Crippen molar-refractivity contribution < 1.29 is 22.8 Å². The minimum absolute atomic E-state index is 0.00200. The van der Waals surface area contributed by atoms with Gasteiger partial charge in [-0.3, -0.25) is 9.59 Å². The molecule has 6 nitrogen and oxygen atoms in total. The molecule has 0 aliphatic rings. The Hall–Kier alpha value is -3.07. The average molecular weight is 464 g/mol. The van der Waals surface area contributed by atoms with Crippen molar-refractivity contribution in [2.45, 2.75) is 12.8 Å². The molecule has 0 saturated heterocycles.